The topological polar surface area (TPSA) is 43.9 Å². The minimum absolute atomic E-state index is 0.0466. The van der Waals surface area contributed by atoms with Crippen molar-refractivity contribution in [1.82, 2.24) is 4.90 Å². The normalized spacial score (nSPS) is 17.6. The molecule has 1 amide bonds. The van der Waals surface area contributed by atoms with Gasteiger partial charge in [0.2, 0.25) is 5.91 Å². The maximum absolute atomic E-state index is 12.6. The third-order valence-electron chi connectivity index (χ3n) is 6.11. The van der Waals surface area contributed by atoms with Crippen LogP contribution in [0.2, 0.25) is 10.0 Å². The molecule has 0 N–H and O–H groups in total. The molecule has 0 aromatic heterocycles. The van der Waals surface area contributed by atoms with Crippen molar-refractivity contribution in [1.29, 1.82) is 0 Å². The van der Waals surface area contributed by atoms with Crippen molar-refractivity contribution in [3.8, 4) is 0 Å². The Balaban J connectivity index is 1.26. The molecule has 5 nitrogen and oxygen atoms in total. The number of carbonyl (C=O) groups excluding carboxylic acids is 2. The maximum atomic E-state index is 12.6. The van der Waals surface area contributed by atoms with Gasteiger partial charge in [0.1, 0.15) is 0 Å². The van der Waals surface area contributed by atoms with Gasteiger partial charge in [-0.25, -0.2) is 0 Å². The zero-order chi connectivity index (χ0) is 21.8. The van der Waals surface area contributed by atoms with Crippen LogP contribution >= 0.6 is 23.2 Å². The number of piperazine rings is 1. The lowest BCUT2D eigenvalue weighted by Crippen LogP contribution is -2.46. The Bertz CT molecular complexity index is 958. The van der Waals surface area contributed by atoms with Crippen LogP contribution in [0.15, 0.2) is 42.5 Å². The number of unbranched alkanes of at least 4 members (excludes halogenated alkanes) is 1. The highest BCUT2D eigenvalue weighted by Gasteiger charge is 2.26. The first-order valence-electron chi connectivity index (χ1n) is 10.9. The number of amides is 1. The fourth-order valence-electron chi connectivity index (χ4n) is 4.37. The summed E-state index contributed by atoms with van der Waals surface area (Å²) in [5, 5.41) is 1.21. The summed E-state index contributed by atoms with van der Waals surface area (Å²) < 4.78 is 0. The molecule has 0 bridgehead atoms. The maximum Gasteiger partial charge on any atom is 0.227 e. The van der Waals surface area contributed by atoms with Gasteiger partial charge in [0.15, 0.2) is 5.78 Å². The second-order valence-corrected chi connectivity index (χ2v) is 8.88. The van der Waals surface area contributed by atoms with Crippen molar-refractivity contribution in [2.24, 2.45) is 0 Å². The van der Waals surface area contributed by atoms with Crippen molar-refractivity contribution < 1.29 is 9.59 Å². The Hall–Kier alpha value is -2.08. The zero-order valence-electron chi connectivity index (χ0n) is 17.5. The van der Waals surface area contributed by atoms with Gasteiger partial charge in [-0.3, -0.25) is 14.5 Å². The van der Waals surface area contributed by atoms with Gasteiger partial charge < -0.3 is 9.80 Å². The minimum Gasteiger partial charge on any atom is -0.368 e. The largest absolute Gasteiger partial charge is 0.368 e. The molecule has 0 unspecified atom stereocenters. The highest BCUT2D eigenvalue weighted by atomic mass is 35.5. The van der Waals surface area contributed by atoms with Crippen LogP contribution in [0.25, 0.3) is 0 Å². The van der Waals surface area contributed by atoms with Gasteiger partial charge in [0.05, 0.1) is 21.4 Å². The summed E-state index contributed by atoms with van der Waals surface area (Å²) >= 11 is 12.5. The number of carbonyl (C=O) groups is 2. The summed E-state index contributed by atoms with van der Waals surface area (Å²) in [6, 6.07) is 13.2. The number of benzene rings is 2. The molecule has 4 rings (SSSR count). The van der Waals surface area contributed by atoms with E-state index in [9.17, 15) is 9.59 Å². The van der Waals surface area contributed by atoms with Crippen LogP contribution in [0.1, 0.15) is 36.0 Å². The van der Waals surface area contributed by atoms with E-state index >= 15 is 0 Å². The number of nitrogens with zero attached hydrogens (tertiary/aromatic N) is 3. The van der Waals surface area contributed by atoms with Crippen molar-refractivity contribution in [2.45, 2.75) is 25.7 Å². The average molecular weight is 460 g/mol. The summed E-state index contributed by atoms with van der Waals surface area (Å²) in [6.07, 6.45) is 2.52. The van der Waals surface area contributed by atoms with Gasteiger partial charge >= 0.3 is 0 Å². The van der Waals surface area contributed by atoms with Crippen molar-refractivity contribution in [3.05, 3.63) is 58.1 Å². The number of halogens is 2. The summed E-state index contributed by atoms with van der Waals surface area (Å²) in [4.78, 5) is 31.4. The number of fused-ring (bicyclic) bond motifs is 1. The number of para-hydroxylation sites is 1. The van der Waals surface area contributed by atoms with Crippen LogP contribution in [0, 0.1) is 0 Å². The molecule has 2 aromatic rings. The third kappa shape index (κ3) is 5.05. The quantitative estimate of drug-likeness (QED) is 0.575. The predicted molar refractivity (Wildman–Crippen MR) is 127 cm³/mol. The first-order valence-corrected chi connectivity index (χ1v) is 11.6. The van der Waals surface area contributed by atoms with Crippen LogP contribution < -0.4 is 9.80 Å². The van der Waals surface area contributed by atoms with Crippen LogP contribution in [-0.2, 0) is 4.79 Å². The molecule has 1 saturated heterocycles. The molecule has 31 heavy (non-hydrogen) atoms. The van der Waals surface area contributed by atoms with Crippen molar-refractivity contribution in [3.63, 3.8) is 0 Å². The lowest BCUT2D eigenvalue weighted by Gasteiger charge is -2.36. The van der Waals surface area contributed by atoms with Gasteiger partial charge in [-0.1, -0.05) is 41.4 Å². The first-order chi connectivity index (χ1) is 15.0. The standard InChI is InChI=1S/C24H27Cl2N3O2/c25-19-7-5-9-21(24(19)26)28-16-14-27(15-17-28)12-3-4-13-29-20-8-2-1-6-18(20)22(30)10-11-23(29)31/h1-2,5-9H,3-4,10-17H2. The van der Waals surface area contributed by atoms with Gasteiger partial charge in [-0.2, -0.15) is 0 Å². The molecule has 7 heteroatoms. The smallest absolute Gasteiger partial charge is 0.227 e. The van der Waals surface area contributed by atoms with Crippen LogP contribution in [0.3, 0.4) is 0 Å². The highest BCUT2D eigenvalue weighted by molar-refractivity contribution is 6.43. The number of Topliss-reactive ketones (excluding diaryl/α,β-unsaturated/α-hetero) is 1. The number of hydrogen-bond acceptors (Lipinski definition) is 4. The molecule has 1 fully saturated rings. The van der Waals surface area contributed by atoms with Gasteiger partial charge in [-0.05, 0) is 43.7 Å². The van der Waals surface area contributed by atoms with Crippen molar-refractivity contribution in [2.75, 3.05) is 49.1 Å². The number of ketones is 1. The average Bonchev–Trinajstić information content (AvgIpc) is 2.91. The molecule has 2 aliphatic rings. The first kappa shape index (κ1) is 22.1. The van der Waals surface area contributed by atoms with Gasteiger partial charge in [-0.15, -0.1) is 0 Å². The molecule has 2 heterocycles. The molecule has 164 valence electrons. The Kier molecular flexibility index (Phi) is 7.16. The molecule has 0 radical (unpaired) electrons. The second-order valence-electron chi connectivity index (χ2n) is 8.09. The summed E-state index contributed by atoms with van der Waals surface area (Å²) in [7, 11) is 0. The molecule has 2 aromatic carbocycles. The van der Waals surface area contributed by atoms with Crippen LogP contribution in [0.5, 0.6) is 0 Å². The van der Waals surface area contributed by atoms with Gasteiger partial charge in [0.25, 0.3) is 0 Å². The van der Waals surface area contributed by atoms with E-state index in [4.69, 9.17) is 23.2 Å². The second kappa shape index (κ2) is 10.0. The molecule has 0 spiro atoms. The molecule has 0 aliphatic carbocycles. The Morgan fingerprint density at radius 1 is 0.774 bits per heavy atom. The fourth-order valence-corrected chi connectivity index (χ4v) is 4.78. The number of hydrogen-bond donors (Lipinski definition) is 0. The van der Waals surface area contributed by atoms with E-state index in [1.807, 2.05) is 42.5 Å². The third-order valence-corrected chi connectivity index (χ3v) is 6.92. The number of rotatable bonds is 6. The summed E-state index contributed by atoms with van der Waals surface area (Å²) in [5.41, 5.74) is 2.44. The predicted octanol–water partition coefficient (Wildman–Crippen LogP) is 4.91. The SMILES string of the molecule is O=C1CCC(=O)N(CCCCN2CCN(c3cccc(Cl)c3Cl)CC2)c2ccccc21. The zero-order valence-corrected chi connectivity index (χ0v) is 19.0. The van der Waals surface area contributed by atoms with E-state index in [1.165, 1.54) is 0 Å². The Labute approximate surface area is 193 Å². The Morgan fingerprint density at radius 2 is 1.48 bits per heavy atom. The highest BCUT2D eigenvalue weighted by Crippen LogP contribution is 2.33. The van der Waals surface area contributed by atoms with E-state index in [1.54, 1.807) is 4.90 Å². The summed E-state index contributed by atoms with van der Waals surface area (Å²) in [6.45, 7) is 5.44. The molecule has 2 aliphatic heterocycles. The monoisotopic (exact) mass is 459 g/mol. The van der Waals surface area contributed by atoms with E-state index in [0.29, 0.717) is 35.0 Å². The molecule has 0 atom stereocenters. The van der Waals surface area contributed by atoms with Gasteiger partial charge in [0, 0.05) is 51.1 Å². The van der Waals surface area contributed by atoms with Crippen LogP contribution in [-0.4, -0.2) is 55.9 Å². The van der Waals surface area contributed by atoms with Crippen molar-refractivity contribution >= 4 is 46.3 Å². The van der Waals surface area contributed by atoms with E-state index < -0.39 is 0 Å². The molecular formula is C24H27Cl2N3O2. The molecule has 0 saturated carbocycles. The lowest BCUT2D eigenvalue weighted by atomic mass is 10.1. The fraction of sp³-hybridized carbons (Fsp3) is 0.417. The summed E-state index contributed by atoms with van der Waals surface area (Å²) in [5.74, 6) is 0.106. The minimum atomic E-state index is 0.0466. The molecular weight excluding hydrogens is 433 g/mol. The lowest BCUT2D eigenvalue weighted by molar-refractivity contribution is -0.118. The van der Waals surface area contributed by atoms with E-state index in [0.717, 1.165) is 56.9 Å². The number of anilines is 2. The Morgan fingerprint density at radius 3 is 2.29 bits per heavy atom. The van der Waals surface area contributed by atoms with Crippen LogP contribution in [0.4, 0.5) is 11.4 Å². The van der Waals surface area contributed by atoms with E-state index in [-0.39, 0.29) is 11.7 Å². The van der Waals surface area contributed by atoms with E-state index in [2.05, 4.69) is 9.80 Å².